The Kier molecular flexibility index (Phi) is 4.52. The molecule has 1 amide bonds. The standard InChI is InChI=1S/C18H18N4O5/c1-18(2)10-14(18)17(23)20-12-5-3-11(4-6-12)19-15-8-7-13(21(24)25)9-16(15)22(26)27/h3-9,14,19H,10H2,1-2H3,(H,20,23). The van der Waals surface area contributed by atoms with Crippen molar-refractivity contribution in [3.63, 3.8) is 0 Å². The number of amides is 1. The van der Waals surface area contributed by atoms with Crippen molar-refractivity contribution < 1.29 is 14.6 Å². The van der Waals surface area contributed by atoms with Crippen LogP contribution in [0.15, 0.2) is 42.5 Å². The van der Waals surface area contributed by atoms with Gasteiger partial charge in [-0.25, -0.2) is 0 Å². The fraction of sp³-hybridized carbons (Fsp3) is 0.278. The molecule has 140 valence electrons. The molecule has 0 aliphatic heterocycles. The SMILES string of the molecule is CC1(C)CC1C(=O)Nc1ccc(Nc2ccc([N+](=O)[O-])cc2[N+](=O)[O-])cc1. The molecule has 27 heavy (non-hydrogen) atoms. The molecule has 1 aliphatic rings. The highest BCUT2D eigenvalue weighted by atomic mass is 16.6. The zero-order valence-electron chi connectivity index (χ0n) is 14.8. The molecule has 2 aromatic carbocycles. The molecule has 2 aromatic rings. The predicted octanol–water partition coefficient (Wildman–Crippen LogP) is 4.23. The van der Waals surface area contributed by atoms with E-state index in [1.807, 2.05) is 13.8 Å². The minimum absolute atomic E-state index is 0.0121. The second-order valence-corrected chi connectivity index (χ2v) is 7.15. The van der Waals surface area contributed by atoms with E-state index in [1.54, 1.807) is 24.3 Å². The van der Waals surface area contributed by atoms with E-state index in [0.717, 1.165) is 12.5 Å². The van der Waals surface area contributed by atoms with Crippen LogP contribution in [0.2, 0.25) is 0 Å². The summed E-state index contributed by atoms with van der Waals surface area (Å²) >= 11 is 0. The van der Waals surface area contributed by atoms with Crippen LogP contribution < -0.4 is 10.6 Å². The number of rotatable bonds is 6. The van der Waals surface area contributed by atoms with E-state index < -0.39 is 15.5 Å². The van der Waals surface area contributed by atoms with Gasteiger partial charge in [-0.3, -0.25) is 25.0 Å². The molecule has 0 radical (unpaired) electrons. The van der Waals surface area contributed by atoms with E-state index in [4.69, 9.17) is 0 Å². The van der Waals surface area contributed by atoms with E-state index in [-0.39, 0.29) is 28.6 Å². The van der Waals surface area contributed by atoms with Crippen LogP contribution in [0.1, 0.15) is 20.3 Å². The smallest absolute Gasteiger partial charge is 0.299 e. The van der Waals surface area contributed by atoms with Crippen LogP contribution in [0.25, 0.3) is 0 Å². The molecule has 1 aliphatic carbocycles. The lowest BCUT2D eigenvalue weighted by Crippen LogP contribution is -2.16. The van der Waals surface area contributed by atoms with Crippen molar-refractivity contribution in [2.45, 2.75) is 20.3 Å². The summed E-state index contributed by atoms with van der Waals surface area (Å²) in [7, 11) is 0. The van der Waals surface area contributed by atoms with Crippen molar-refractivity contribution in [1.29, 1.82) is 0 Å². The number of carbonyl (C=O) groups excluding carboxylic acids is 1. The predicted molar refractivity (Wildman–Crippen MR) is 100.0 cm³/mol. The highest BCUT2D eigenvalue weighted by Crippen LogP contribution is 2.52. The zero-order chi connectivity index (χ0) is 19.8. The number of hydrogen-bond donors (Lipinski definition) is 2. The van der Waals surface area contributed by atoms with E-state index in [9.17, 15) is 25.0 Å². The fourth-order valence-electron chi connectivity index (χ4n) is 2.83. The summed E-state index contributed by atoms with van der Waals surface area (Å²) in [6, 6.07) is 10.1. The lowest BCUT2D eigenvalue weighted by Gasteiger charge is -2.10. The number of carbonyl (C=O) groups is 1. The second-order valence-electron chi connectivity index (χ2n) is 7.15. The summed E-state index contributed by atoms with van der Waals surface area (Å²) in [6.45, 7) is 4.09. The molecule has 9 nitrogen and oxygen atoms in total. The number of nitrogens with zero attached hydrogens (tertiary/aromatic N) is 2. The number of non-ortho nitro benzene ring substituents is 1. The molecule has 0 spiro atoms. The molecule has 0 bridgehead atoms. The number of benzene rings is 2. The van der Waals surface area contributed by atoms with Gasteiger partial charge in [0.15, 0.2) is 0 Å². The van der Waals surface area contributed by atoms with E-state index >= 15 is 0 Å². The second kappa shape index (κ2) is 6.67. The number of nitro groups is 2. The average molecular weight is 370 g/mol. The van der Waals surface area contributed by atoms with Crippen molar-refractivity contribution in [2.24, 2.45) is 11.3 Å². The number of nitro benzene ring substituents is 2. The van der Waals surface area contributed by atoms with Gasteiger partial charge in [0.1, 0.15) is 5.69 Å². The van der Waals surface area contributed by atoms with Gasteiger partial charge in [-0.15, -0.1) is 0 Å². The van der Waals surface area contributed by atoms with Crippen LogP contribution in [-0.2, 0) is 4.79 Å². The Morgan fingerprint density at radius 3 is 2.15 bits per heavy atom. The maximum Gasteiger partial charge on any atom is 0.299 e. The molecule has 1 atom stereocenters. The first-order chi connectivity index (χ1) is 12.7. The highest BCUT2D eigenvalue weighted by Gasteiger charge is 2.50. The van der Waals surface area contributed by atoms with Crippen LogP contribution in [0.4, 0.5) is 28.4 Å². The van der Waals surface area contributed by atoms with Crippen molar-refractivity contribution >= 4 is 34.3 Å². The Labute approximate surface area is 154 Å². The van der Waals surface area contributed by atoms with Gasteiger partial charge in [0.2, 0.25) is 5.91 Å². The van der Waals surface area contributed by atoms with Crippen molar-refractivity contribution in [3.8, 4) is 0 Å². The minimum Gasteiger partial charge on any atom is -0.350 e. The Hall–Kier alpha value is -3.49. The van der Waals surface area contributed by atoms with Crippen molar-refractivity contribution in [3.05, 3.63) is 62.7 Å². The molecular formula is C18H18N4O5. The first-order valence-corrected chi connectivity index (χ1v) is 8.28. The molecule has 3 rings (SSSR count). The average Bonchev–Trinajstić information content (AvgIpc) is 3.25. The van der Waals surface area contributed by atoms with Gasteiger partial charge in [-0.05, 0) is 42.2 Å². The summed E-state index contributed by atoms with van der Waals surface area (Å²) in [6.07, 6.45) is 0.863. The lowest BCUT2D eigenvalue weighted by molar-refractivity contribution is -0.393. The molecule has 9 heteroatoms. The van der Waals surface area contributed by atoms with Gasteiger partial charge in [0, 0.05) is 23.4 Å². The first kappa shape index (κ1) is 18.3. The normalized spacial score (nSPS) is 17.0. The quantitative estimate of drug-likeness (QED) is 0.578. The van der Waals surface area contributed by atoms with Gasteiger partial charge in [0.25, 0.3) is 11.4 Å². The Morgan fingerprint density at radius 1 is 1.04 bits per heavy atom. The van der Waals surface area contributed by atoms with Gasteiger partial charge in [0.05, 0.1) is 15.9 Å². The molecule has 2 N–H and O–H groups in total. The maximum atomic E-state index is 12.1. The van der Waals surface area contributed by atoms with Gasteiger partial charge in [-0.1, -0.05) is 13.8 Å². The first-order valence-electron chi connectivity index (χ1n) is 8.28. The third kappa shape index (κ3) is 4.02. The van der Waals surface area contributed by atoms with Crippen LogP contribution in [0.3, 0.4) is 0 Å². The highest BCUT2D eigenvalue weighted by molar-refractivity contribution is 5.95. The third-order valence-electron chi connectivity index (χ3n) is 4.65. The Balaban J connectivity index is 1.72. The van der Waals surface area contributed by atoms with E-state index in [0.29, 0.717) is 11.4 Å². The van der Waals surface area contributed by atoms with Crippen LogP contribution in [-0.4, -0.2) is 15.8 Å². The van der Waals surface area contributed by atoms with Gasteiger partial charge in [-0.2, -0.15) is 0 Å². The van der Waals surface area contributed by atoms with Gasteiger partial charge < -0.3 is 10.6 Å². The van der Waals surface area contributed by atoms with Gasteiger partial charge >= 0.3 is 0 Å². The molecule has 0 heterocycles. The molecule has 0 saturated heterocycles. The molecule has 1 unspecified atom stereocenters. The molecule has 1 saturated carbocycles. The Morgan fingerprint density at radius 2 is 1.63 bits per heavy atom. The largest absolute Gasteiger partial charge is 0.350 e. The summed E-state index contributed by atoms with van der Waals surface area (Å²) in [4.78, 5) is 32.7. The maximum absolute atomic E-state index is 12.1. The number of anilines is 3. The minimum atomic E-state index is -0.685. The summed E-state index contributed by atoms with van der Waals surface area (Å²) < 4.78 is 0. The third-order valence-corrected chi connectivity index (χ3v) is 4.65. The van der Waals surface area contributed by atoms with Crippen molar-refractivity contribution in [2.75, 3.05) is 10.6 Å². The Bertz CT molecular complexity index is 924. The molecule has 0 aromatic heterocycles. The number of hydrogen-bond acceptors (Lipinski definition) is 6. The summed E-state index contributed by atoms with van der Waals surface area (Å²) in [5, 5.41) is 27.7. The van der Waals surface area contributed by atoms with E-state index in [2.05, 4.69) is 10.6 Å². The summed E-state index contributed by atoms with van der Waals surface area (Å²) in [5.41, 5.74) is 0.622. The molecular weight excluding hydrogens is 352 g/mol. The topological polar surface area (TPSA) is 127 Å². The van der Waals surface area contributed by atoms with Crippen LogP contribution in [0.5, 0.6) is 0 Å². The monoisotopic (exact) mass is 370 g/mol. The summed E-state index contributed by atoms with van der Waals surface area (Å²) in [5.74, 6) is -0.00947. The van der Waals surface area contributed by atoms with Crippen LogP contribution in [0, 0.1) is 31.6 Å². The van der Waals surface area contributed by atoms with Crippen molar-refractivity contribution in [1.82, 2.24) is 0 Å². The van der Waals surface area contributed by atoms with Crippen LogP contribution >= 0.6 is 0 Å². The lowest BCUT2D eigenvalue weighted by atomic mass is 10.1. The zero-order valence-corrected chi connectivity index (χ0v) is 14.8. The number of nitrogens with one attached hydrogen (secondary N) is 2. The molecule has 1 fully saturated rings. The fourth-order valence-corrected chi connectivity index (χ4v) is 2.83. The van der Waals surface area contributed by atoms with E-state index in [1.165, 1.54) is 12.1 Å².